The van der Waals surface area contributed by atoms with Gasteiger partial charge in [0.15, 0.2) is 0 Å². The molecular weight excluding hydrogens is 142 g/mol. The van der Waals surface area contributed by atoms with Crippen molar-refractivity contribution in [3.8, 4) is 0 Å². The number of allylic oxidation sites excluding steroid dienone is 1. The van der Waals surface area contributed by atoms with Gasteiger partial charge < -0.3 is 0 Å². The second-order valence-electron chi connectivity index (χ2n) is 0.786. The summed E-state index contributed by atoms with van der Waals surface area (Å²) in [5, 5.41) is 0. The molecule has 0 spiro atoms. The van der Waals surface area contributed by atoms with E-state index in [0.717, 1.165) is 0 Å². The zero-order chi connectivity index (χ0) is 7.21. The van der Waals surface area contributed by atoms with Crippen molar-refractivity contribution >= 4 is 0 Å². The fourth-order valence-electron chi connectivity index (χ4n) is 0. The third-order valence-electron chi connectivity index (χ3n) is 0. The normalized spacial score (nSPS) is 8.11. The SMILES string of the molecule is C=CC.[Li+].[O-][Cl+3]([O-])([O-])[O-]. The van der Waals surface area contributed by atoms with E-state index in [1.165, 1.54) is 0 Å². The zero-order valence-electron chi connectivity index (χ0n) is 5.30. The summed E-state index contributed by atoms with van der Waals surface area (Å²) in [5.74, 6) is 0. The molecule has 50 valence electrons. The number of halogens is 1. The van der Waals surface area contributed by atoms with Crippen molar-refractivity contribution in [3.63, 3.8) is 0 Å². The van der Waals surface area contributed by atoms with E-state index < -0.39 is 10.2 Å². The molecule has 9 heavy (non-hydrogen) atoms. The maximum Gasteiger partial charge on any atom is 1.00 e. The first-order valence-electron chi connectivity index (χ1n) is 1.60. The molecule has 0 amide bonds. The number of hydrogen-bond donors (Lipinski definition) is 0. The average Bonchev–Trinajstić information content (AvgIpc) is 1.27. The molecule has 4 nitrogen and oxygen atoms in total. The molecule has 0 aliphatic heterocycles. The predicted octanol–water partition coefficient (Wildman–Crippen LogP) is -6.56. The van der Waals surface area contributed by atoms with Gasteiger partial charge in [0.2, 0.25) is 0 Å². The van der Waals surface area contributed by atoms with E-state index in [2.05, 4.69) is 6.58 Å². The molecule has 0 aromatic heterocycles. The molecule has 0 fully saturated rings. The van der Waals surface area contributed by atoms with E-state index >= 15 is 0 Å². The van der Waals surface area contributed by atoms with Crippen LogP contribution in [0.1, 0.15) is 6.92 Å². The van der Waals surface area contributed by atoms with Crippen molar-refractivity contribution in [1.82, 2.24) is 0 Å². The number of hydrogen-bond acceptors (Lipinski definition) is 4. The minimum Gasteiger partial charge on any atom is -0.222 e. The molecule has 0 saturated carbocycles. The van der Waals surface area contributed by atoms with Gasteiger partial charge in [0.25, 0.3) is 0 Å². The Morgan fingerprint density at radius 3 is 1.22 bits per heavy atom. The molecule has 0 saturated heterocycles. The smallest absolute Gasteiger partial charge is 0.222 e. The first kappa shape index (κ1) is 16.2. The second-order valence-corrected chi connectivity index (χ2v) is 1.54. The molecule has 0 aromatic rings. The van der Waals surface area contributed by atoms with E-state index in [9.17, 15) is 0 Å². The van der Waals surface area contributed by atoms with E-state index in [1.54, 1.807) is 6.08 Å². The van der Waals surface area contributed by atoms with Crippen LogP contribution in [0, 0.1) is 10.2 Å². The Balaban J connectivity index is -0.0000000800. The van der Waals surface area contributed by atoms with Crippen molar-refractivity contribution in [2.75, 3.05) is 0 Å². The van der Waals surface area contributed by atoms with Gasteiger partial charge in [-0.3, -0.25) is 0 Å². The quantitative estimate of drug-likeness (QED) is 0.252. The fraction of sp³-hybridized carbons (Fsp3) is 0.333. The van der Waals surface area contributed by atoms with Gasteiger partial charge in [-0.05, 0) is 6.92 Å². The molecule has 6 heteroatoms. The molecule has 0 unspecified atom stereocenters. The average molecular weight is 148 g/mol. The van der Waals surface area contributed by atoms with Crippen LogP contribution in [0.4, 0.5) is 0 Å². The van der Waals surface area contributed by atoms with Crippen LogP contribution in [-0.4, -0.2) is 0 Å². The Labute approximate surface area is 67.7 Å². The zero-order valence-corrected chi connectivity index (χ0v) is 6.05. The topological polar surface area (TPSA) is 92.2 Å². The van der Waals surface area contributed by atoms with Gasteiger partial charge in [0.1, 0.15) is 0 Å². The summed E-state index contributed by atoms with van der Waals surface area (Å²) in [4.78, 5) is 0. The maximum absolute atomic E-state index is 8.49. The van der Waals surface area contributed by atoms with Crippen LogP contribution in [-0.2, 0) is 0 Å². The van der Waals surface area contributed by atoms with Crippen molar-refractivity contribution in [2.24, 2.45) is 0 Å². The van der Waals surface area contributed by atoms with Gasteiger partial charge >= 0.3 is 18.9 Å². The van der Waals surface area contributed by atoms with Crippen LogP contribution in [0.5, 0.6) is 0 Å². The van der Waals surface area contributed by atoms with Crippen LogP contribution in [0.2, 0.25) is 0 Å². The first-order chi connectivity index (χ1) is 3.41. The van der Waals surface area contributed by atoms with Crippen molar-refractivity contribution in [2.45, 2.75) is 6.92 Å². The maximum atomic E-state index is 8.49. The minimum atomic E-state index is -4.94. The van der Waals surface area contributed by atoms with Gasteiger partial charge in [-0.1, -0.05) is 6.08 Å². The Hall–Kier alpha value is 0.467. The molecule has 0 aliphatic carbocycles. The molecule has 0 aromatic carbocycles. The summed E-state index contributed by atoms with van der Waals surface area (Å²) in [6.07, 6.45) is 1.75. The largest absolute Gasteiger partial charge is 1.00 e. The molecule has 0 bridgehead atoms. The van der Waals surface area contributed by atoms with Crippen molar-refractivity contribution in [1.29, 1.82) is 0 Å². The molecule has 0 radical (unpaired) electrons. The third kappa shape index (κ3) is 1620. The molecule has 0 atom stereocenters. The Morgan fingerprint density at radius 2 is 1.22 bits per heavy atom. The molecule has 0 rings (SSSR count). The van der Waals surface area contributed by atoms with E-state index in [4.69, 9.17) is 18.6 Å². The van der Waals surface area contributed by atoms with E-state index in [0.29, 0.717) is 0 Å². The molecule has 0 aliphatic rings. The summed E-state index contributed by atoms with van der Waals surface area (Å²) < 4.78 is 34.0. The van der Waals surface area contributed by atoms with Crippen LogP contribution < -0.4 is 37.5 Å². The summed E-state index contributed by atoms with van der Waals surface area (Å²) in [5.41, 5.74) is 0. The van der Waals surface area contributed by atoms with Crippen LogP contribution in [0.3, 0.4) is 0 Å². The van der Waals surface area contributed by atoms with Crippen LogP contribution >= 0.6 is 0 Å². The second kappa shape index (κ2) is 8.47. The van der Waals surface area contributed by atoms with E-state index in [1.807, 2.05) is 6.92 Å². The summed E-state index contributed by atoms with van der Waals surface area (Å²) >= 11 is 0. The minimum absolute atomic E-state index is 0. The first-order valence-corrected chi connectivity index (χ1v) is 2.84. The van der Waals surface area contributed by atoms with Gasteiger partial charge in [-0.15, -0.1) is 16.8 Å². The van der Waals surface area contributed by atoms with Crippen molar-refractivity contribution in [3.05, 3.63) is 12.7 Å². The predicted molar refractivity (Wildman–Crippen MR) is 15.9 cm³/mol. The van der Waals surface area contributed by atoms with Gasteiger partial charge in [0, 0.05) is 0 Å². The number of rotatable bonds is 0. The van der Waals surface area contributed by atoms with Gasteiger partial charge in [0.05, 0.1) is 0 Å². The summed E-state index contributed by atoms with van der Waals surface area (Å²) in [6, 6.07) is 0. The van der Waals surface area contributed by atoms with Crippen LogP contribution in [0.15, 0.2) is 12.7 Å². The summed E-state index contributed by atoms with van der Waals surface area (Å²) in [6.45, 7) is 5.25. The van der Waals surface area contributed by atoms with E-state index in [-0.39, 0.29) is 18.9 Å². The van der Waals surface area contributed by atoms with Crippen molar-refractivity contribution < 1.29 is 47.7 Å². The molecule has 0 heterocycles. The Morgan fingerprint density at radius 1 is 1.22 bits per heavy atom. The molecular formula is C3H6ClLiO4. The van der Waals surface area contributed by atoms with Gasteiger partial charge in [-0.2, -0.15) is 0 Å². The van der Waals surface area contributed by atoms with Crippen LogP contribution in [0.25, 0.3) is 0 Å². The Kier molecular flexibility index (Phi) is 15.3. The Bertz CT molecular complexity index is 55.3. The fourth-order valence-corrected chi connectivity index (χ4v) is 0. The van der Waals surface area contributed by atoms with Gasteiger partial charge in [-0.25, -0.2) is 18.6 Å². The monoisotopic (exact) mass is 148 g/mol. The standard InChI is InChI=1S/C3H6.ClHO4.Li/c1-3-2;2-1(3,4)5;/h3H,1H2,2H3;(H,2,3,4,5);/q;;+1/p-1. The summed E-state index contributed by atoms with van der Waals surface area (Å²) in [7, 11) is -4.94. The third-order valence-corrected chi connectivity index (χ3v) is 0. The molecule has 0 N–H and O–H groups in total.